The Morgan fingerprint density at radius 3 is 2.58 bits per heavy atom. The molecule has 3 rings (SSSR count). The van der Waals surface area contributed by atoms with Gasteiger partial charge in [0.15, 0.2) is 11.6 Å². The van der Waals surface area contributed by atoms with E-state index in [9.17, 15) is 12.8 Å². The van der Waals surface area contributed by atoms with E-state index in [1.807, 2.05) is 0 Å². The Hall–Kier alpha value is -2.26. The Morgan fingerprint density at radius 1 is 1.23 bits per heavy atom. The van der Waals surface area contributed by atoms with Crippen molar-refractivity contribution in [3.8, 4) is 11.6 Å². The average Bonchev–Trinajstić information content (AvgIpc) is 2.62. The summed E-state index contributed by atoms with van der Waals surface area (Å²) in [5.74, 6) is 0.405. The molecule has 1 aliphatic heterocycles. The molecule has 1 aromatic carbocycles. The second kappa shape index (κ2) is 7.55. The molecular weight excluding hydrogens is 361 g/mol. The summed E-state index contributed by atoms with van der Waals surface area (Å²) in [6, 6.07) is 5.33. The first kappa shape index (κ1) is 18.5. The van der Waals surface area contributed by atoms with Crippen LogP contribution < -0.4 is 9.47 Å². The van der Waals surface area contributed by atoms with Gasteiger partial charge in [0.2, 0.25) is 15.9 Å². The number of halogens is 1. The Labute approximate surface area is 151 Å². The summed E-state index contributed by atoms with van der Waals surface area (Å²) < 4.78 is 51.2. The molecule has 0 radical (unpaired) electrons. The molecule has 0 amide bonds. The van der Waals surface area contributed by atoms with Crippen LogP contribution in [0.4, 0.5) is 4.39 Å². The molecule has 0 aliphatic carbocycles. The quantitative estimate of drug-likeness (QED) is 0.790. The Bertz CT molecular complexity index is 883. The molecule has 1 aromatic heterocycles. The van der Waals surface area contributed by atoms with Gasteiger partial charge in [-0.25, -0.2) is 17.8 Å². The standard InChI is InChI=1S/C17H20FN3O4S/c1-12-19-8-5-17(20-12)25-13-6-9-21(10-7-13)26(22,23)14-3-4-16(24-2)15(18)11-14/h3-5,8,11,13H,6-7,9-10H2,1-2H3. The minimum absolute atomic E-state index is 0.0104. The van der Waals surface area contributed by atoms with Gasteiger partial charge in [0.1, 0.15) is 11.9 Å². The van der Waals surface area contributed by atoms with Crippen LogP contribution in [-0.2, 0) is 10.0 Å². The fourth-order valence-electron chi connectivity index (χ4n) is 2.82. The Balaban J connectivity index is 1.66. The molecule has 1 saturated heterocycles. The van der Waals surface area contributed by atoms with E-state index in [1.165, 1.54) is 23.5 Å². The van der Waals surface area contributed by atoms with Crippen LogP contribution in [-0.4, -0.2) is 49.0 Å². The molecule has 0 atom stereocenters. The highest BCUT2D eigenvalue weighted by molar-refractivity contribution is 7.89. The third-order valence-electron chi connectivity index (χ3n) is 4.20. The van der Waals surface area contributed by atoms with Gasteiger partial charge in [0.25, 0.3) is 0 Å². The van der Waals surface area contributed by atoms with E-state index in [2.05, 4.69) is 9.97 Å². The van der Waals surface area contributed by atoms with Crippen LogP contribution in [0, 0.1) is 12.7 Å². The molecule has 0 spiro atoms. The van der Waals surface area contributed by atoms with Crippen molar-refractivity contribution in [2.75, 3.05) is 20.2 Å². The fraction of sp³-hybridized carbons (Fsp3) is 0.412. The van der Waals surface area contributed by atoms with Gasteiger partial charge in [-0.05, 0) is 38.0 Å². The van der Waals surface area contributed by atoms with Crippen LogP contribution in [0.25, 0.3) is 0 Å². The topological polar surface area (TPSA) is 81.6 Å². The van der Waals surface area contributed by atoms with E-state index < -0.39 is 15.8 Å². The van der Waals surface area contributed by atoms with Crippen molar-refractivity contribution in [2.45, 2.75) is 30.8 Å². The minimum atomic E-state index is -3.76. The second-order valence-corrected chi connectivity index (χ2v) is 7.90. The molecule has 7 nitrogen and oxygen atoms in total. The highest BCUT2D eigenvalue weighted by Crippen LogP contribution is 2.26. The van der Waals surface area contributed by atoms with Gasteiger partial charge < -0.3 is 9.47 Å². The van der Waals surface area contributed by atoms with Crippen molar-refractivity contribution >= 4 is 10.0 Å². The molecule has 140 valence electrons. The number of hydrogen-bond acceptors (Lipinski definition) is 6. The number of sulfonamides is 1. The number of hydrogen-bond donors (Lipinski definition) is 0. The molecule has 9 heteroatoms. The van der Waals surface area contributed by atoms with E-state index in [4.69, 9.17) is 9.47 Å². The maximum atomic E-state index is 13.8. The van der Waals surface area contributed by atoms with Gasteiger partial charge in [-0.2, -0.15) is 9.29 Å². The number of benzene rings is 1. The van der Waals surface area contributed by atoms with Crippen molar-refractivity contribution in [3.05, 3.63) is 42.1 Å². The minimum Gasteiger partial charge on any atom is -0.494 e. The molecule has 1 fully saturated rings. The first-order chi connectivity index (χ1) is 12.4. The first-order valence-electron chi connectivity index (χ1n) is 8.20. The second-order valence-electron chi connectivity index (χ2n) is 5.96. The fourth-order valence-corrected chi connectivity index (χ4v) is 4.30. The van der Waals surface area contributed by atoms with Crippen LogP contribution in [0.2, 0.25) is 0 Å². The number of ether oxygens (including phenoxy) is 2. The van der Waals surface area contributed by atoms with Crippen LogP contribution in [0.5, 0.6) is 11.6 Å². The SMILES string of the molecule is COc1ccc(S(=O)(=O)N2CCC(Oc3ccnc(C)n3)CC2)cc1F. The summed E-state index contributed by atoms with van der Waals surface area (Å²) in [6.07, 6.45) is 2.56. The summed E-state index contributed by atoms with van der Waals surface area (Å²) in [4.78, 5) is 8.12. The van der Waals surface area contributed by atoms with Crippen molar-refractivity contribution in [3.63, 3.8) is 0 Å². The van der Waals surface area contributed by atoms with Crippen LogP contribution in [0.1, 0.15) is 18.7 Å². The summed E-state index contributed by atoms with van der Waals surface area (Å²) in [5.41, 5.74) is 0. The third-order valence-corrected chi connectivity index (χ3v) is 6.09. The van der Waals surface area contributed by atoms with E-state index in [-0.39, 0.29) is 16.7 Å². The summed E-state index contributed by atoms with van der Waals surface area (Å²) in [7, 11) is -2.43. The maximum Gasteiger partial charge on any atom is 0.243 e. The lowest BCUT2D eigenvalue weighted by atomic mass is 10.1. The van der Waals surface area contributed by atoms with Gasteiger partial charge in [0.05, 0.1) is 12.0 Å². The summed E-state index contributed by atoms with van der Waals surface area (Å²) in [5, 5.41) is 0. The number of methoxy groups -OCH3 is 1. The zero-order chi connectivity index (χ0) is 18.7. The van der Waals surface area contributed by atoms with Gasteiger partial charge in [0, 0.05) is 25.4 Å². The Morgan fingerprint density at radius 2 is 1.96 bits per heavy atom. The smallest absolute Gasteiger partial charge is 0.243 e. The lowest BCUT2D eigenvalue weighted by Crippen LogP contribution is -2.41. The van der Waals surface area contributed by atoms with E-state index >= 15 is 0 Å². The van der Waals surface area contributed by atoms with Crippen LogP contribution in [0.15, 0.2) is 35.4 Å². The highest BCUT2D eigenvalue weighted by Gasteiger charge is 2.31. The number of piperidine rings is 1. The number of aryl methyl sites for hydroxylation is 1. The molecule has 0 bridgehead atoms. The molecular formula is C17H20FN3O4S. The molecule has 0 unspecified atom stereocenters. The van der Waals surface area contributed by atoms with Gasteiger partial charge >= 0.3 is 0 Å². The predicted molar refractivity (Wildman–Crippen MR) is 92.1 cm³/mol. The first-order valence-corrected chi connectivity index (χ1v) is 9.64. The third kappa shape index (κ3) is 3.94. The van der Waals surface area contributed by atoms with E-state index in [1.54, 1.807) is 19.2 Å². The highest BCUT2D eigenvalue weighted by atomic mass is 32.2. The number of nitrogens with zero attached hydrogens (tertiary/aromatic N) is 3. The largest absolute Gasteiger partial charge is 0.494 e. The average molecular weight is 381 g/mol. The molecule has 26 heavy (non-hydrogen) atoms. The van der Waals surface area contributed by atoms with E-state index in [0.29, 0.717) is 37.6 Å². The monoisotopic (exact) mass is 381 g/mol. The van der Waals surface area contributed by atoms with Gasteiger partial charge in [-0.1, -0.05) is 0 Å². The molecule has 0 N–H and O–H groups in total. The molecule has 1 aliphatic rings. The van der Waals surface area contributed by atoms with Crippen molar-refractivity contribution in [1.29, 1.82) is 0 Å². The van der Waals surface area contributed by atoms with Crippen molar-refractivity contribution < 1.29 is 22.3 Å². The van der Waals surface area contributed by atoms with E-state index in [0.717, 1.165) is 6.07 Å². The normalized spacial score (nSPS) is 16.4. The summed E-state index contributed by atoms with van der Waals surface area (Å²) >= 11 is 0. The van der Waals surface area contributed by atoms with Crippen molar-refractivity contribution in [2.24, 2.45) is 0 Å². The molecule has 0 saturated carbocycles. The van der Waals surface area contributed by atoms with Crippen molar-refractivity contribution in [1.82, 2.24) is 14.3 Å². The lowest BCUT2D eigenvalue weighted by molar-refractivity contribution is 0.129. The summed E-state index contributed by atoms with van der Waals surface area (Å²) in [6.45, 7) is 2.37. The predicted octanol–water partition coefficient (Wildman–Crippen LogP) is 2.16. The molecule has 2 aromatic rings. The van der Waals surface area contributed by atoms with Gasteiger partial charge in [-0.3, -0.25) is 0 Å². The van der Waals surface area contributed by atoms with Crippen LogP contribution in [0.3, 0.4) is 0 Å². The number of rotatable bonds is 5. The maximum absolute atomic E-state index is 13.8. The molecule has 2 heterocycles. The lowest BCUT2D eigenvalue weighted by Gasteiger charge is -2.31. The number of aromatic nitrogens is 2. The van der Waals surface area contributed by atoms with Crippen LogP contribution >= 0.6 is 0 Å². The Kier molecular flexibility index (Phi) is 5.38. The zero-order valence-corrected chi connectivity index (χ0v) is 15.4. The zero-order valence-electron chi connectivity index (χ0n) is 14.6. The van der Waals surface area contributed by atoms with Gasteiger partial charge in [-0.15, -0.1) is 0 Å².